The molecule has 0 atom stereocenters. The first kappa shape index (κ1) is 22.1. The maximum absolute atomic E-state index is 12.8. The molecule has 0 aromatic heterocycles. The van der Waals surface area contributed by atoms with Gasteiger partial charge in [-0.15, -0.1) is 0 Å². The number of para-hydroxylation sites is 1. The fraction of sp³-hybridized carbons (Fsp3) is 0.368. The molecule has 0 aliphatic carbocycles. The third-order valence-electron chi connectivity index (χ3n) is 4.37. The van der Waals surface area contributed by atoms with Gasteiger partial charge in [0, 0.05) is 36.1 Å². The SMILES string of the molecule is CCOC(=O)C1=C(CN)NC(CN)=C(C(=O)OCC)C1c1ccccc1[N+](=O)[O-]. The van der Waals surface area contributed by atoms with Crippen molar-refractivity contribution in [1.29, 1.82) is 0 Å². The molecule has 1 aliphatic heterocycles. The van der Waals surface area contributed by atoms with Gasteiger partial charge >= 0.3 is 11.9 Å². The van der Waals surface area contributed by atoms with Crippen molar-refractivity contribution in [2.75, 3.05) is 26.3 Å². The zero-order valence-electron chi connectivity index (χ0n) is 16.3. The molecule has 0 saturated carbocycles. The molecule has 0 spiro atoms. The van der Waals surface area contributed by atoms with Gasteiger partial charge in [0.25, 0.3) is 5.69 Å². The van der Waals surface area contributed by atoms with E-state index in [2.05, 4.69) is 5.32 Å². The Morgan fingerprint density at radius 2 is 1.52 bits per heavy atom. The Bertz CT molecular complexity index is 835. The quantitative estimate of drug-likeness (QED) is 0.324. The van der Waals surface area contributed by atoms with Crippen LogP contribution in [0, 0.1) is 10.1 Å². The van der Waals surface area contributed by atoms with Crippen molar-refractivity contribution in [3.8, 4) is 0 Å². The Balaban J connectivity index is 2.84. The van der Waals surface area contributed by atoms with E-state index in [9.17, 15) is 19.7 Å². The number of nitro benzene ring substituents is 1. The average Bonchev–Trinajstić information content (AvgIpc) is 2.72. The lowest BCUT2D eigenvalue weighted by Gasteiger charge is -2.31. The van der Waals surface area contributed by atoms with Gasteiger partial charge < -0.3 is 26.3 Å². The van der Waals surface area contributed by atoms with Crippen molar-refractivity contribution < 1.29 is 24.0 Å². The highest BCUT2D eigenvalue weighted by Gasteiger charge is 2.41. The summed E-state index contributed by atoms with van der Waals surface area (Å²) in [7, 11) is 0. The molecule has 0 amide bonds. The summed E-state index contributed by atoms with van der Waals surface area (Å²) in [5.41, 5.74) is 12.1. The first-order valence-corrected chi connectivity index (χ1v) is 9.11. The lowest BCUT2D eigenvalue weighted by molar-refractivity contribution is -0.385. The number of nitro groups is 1. The maximum Gasteiger partial charge on any atom is 0.336 e. The first-order chi connectivity index (χ1) is 13.9. The Morgan fingerprint density at radius 1 is 1.03 bits per heavy atom. The molecule has 0 bridgehead atoms. The topological polar surface area (TPSA) is 160 Å². The van der Waals surface area contributed by atoms with Gasteiger partial charge in [0.2, 0.25) is 0 Å². The second-order valence-electron chi connectivity index (χ2n) is 6.01. The number of hydrogen-bond acceptors (Lipinski definition) is 9. The van der Waals surface area contributed by atoms with Crippen LogP contribution in [0.3, 0.4) is 0 Å². The lowest BCUT2D eigenvalue weighted by atomic mass is 9.79. The molecule has 1 heterocycles. The second kappa shape index (κ2) is 9.80. The van der Waals surface area contributed by atoms with Gasteiger partial charge in [0.15, 0.2) is 0 Å². The number of nitrogens with two attached hydrogens (primary N) is 2. The predicted molar refractivity (Wildman–Crippen MR) is 104 cm³/mol. The summed E-state index contributed by atoms with van der Waals surface area (Å²) in [5.74, 6) is -2.59. The van der Waals surface area contributed by atoms with Crippen LogP contribution in [-0.2, 0) is 19.1 Å². The normalized spacial score (nSPS) is 14.5. The molecule has 1 aromatic rings. The van der Waals surface area contributed by atoms with Crippen molar-refractivity contribution >= 4 is 17.6 Å². The van der Waals surface area contributed by atoms with Crippen LogP contribution in [0.15, 0.2) is 46.8 Å². The van der Waals surface area contributed by atoms with Gasteiger partial charge in [-0.05, 0) is 13.8 Å². The molecule has 0 saturated heterocycles. The average molecular weight is 404 g/mol. The molecular formula is C19H24N4O6. The minimum atomic E-state index is -1.12. The number of nitrogens with one attached hydrogen (secondary N) is 1. The molecule has 10 heteroatoms. The van der Waals surface area contributed by atoms with Crippen molar-refractivity contribution in [3.05, 3.63) is 62.5 Å². The highest BCUT2D eigenvalue weighted by atomic mass is 16.6. The molecule has 1 aromatic carbocycles. The van der Waals surface area contributed by atoms with E-state index >= 15 is 0 Å². The molecule has 2 rings (SSSR count). The van der Waals surface area contributed by atoms with E-state index in [1.807, 2.05) is 0 Å². The number of carbonyl (C=O) groups excluding carboxylic acids is 2. The smallest absolute Gasteiger partial charge is 0.336 e. The lowest BCUT2D eigenvalue weighted by Crippen LogP contribution is -2.38. The van der Waals surface area contributed by atoms with Gasteiger partial charge in [0.1, 0.15) is 0 Å². The summed E-state index contributed by atoms with van der Waals surface area (Å²) >= 11 is 0. The van der Waals surface area contributed by atoms with Gasteiger partial charge in [-0.25, -0.2) is 9.59 Å². The molecule has 5 N–H and O–H groups in total. The van der Waals surface area contributed by atoms with Crippen molar-refractivity contribution in [1.82, 2.24) is 5.32 Å². The molecule has 1 aliphatic rings. The van der Waals surface area contributed by atoms with Gasteiger partial charge in [-0.3, -0.25) is 10.1 Å². The molecule has 0 unspecified atom stereocenters. The fourth-order valence-corrected chi connectivity index (χ4v) is 3.24. The molecule has 29 heavy (non-hydrogen) atoms. The summed E-state index contributed by atoms with van der Waals surface area (Å²) < 4.78 is 10.3. The van der Waals surface area contributed by atoms with E-state index in [-0.39, 0.29) is 60.1 Å². The molecule has 0 radical (unpaired) electrons. The third kappa shape index (κ3) is 4.44. The third-order valence-corrected chi connectivity index (χ3v) is 4.37. The number of nitrogens with zero attached hydrogens (tertiary/aromatic N) is 1. The predicted octanol–water partition coefficient (Wildman–Crippen LogP) is 0.833. The molecule has 10 nitrogen and oxygen atoms in total. The summed E-state index contributed by atoms with van der Waals surface area (Å²) in [6, 6.07) is 5.86. The minimum Gasteiger partial charge on any atom is -0.463 e. The number of carbonyl (C=O) groups is 2. The van der Waals surface area contributed by atoms with E-state index < -0.39 is 22.8 Å². The van der Waals surface area contributed by atoms with Gasteiger partial charge in [0.05, 0.1) is 35.2 Å². The zero-order valence-corrected chi connectivity index (χ0v) is 16.3. The van der Waals surface area contributed by atoms with E-state index in [4.69, 9.17) is 20.9 Å². The monoisotopic (exact) mass is 404 g/mol. The highest BCUT2D eigenvalue weighted by Crippen LogP contribution is 2.42. The van der Waals surface area contributed by atoms with Crippen molar-refractivity contribution in [2.24, 2.45) is 11.5 Å². The van der Waals surface area contributed by atoms with Crippen LogP contribution >= 0.6 is 0 Å². The van der Waals surface area contributed by atoms with Gasteiger partial charge in [-0.2, -0.15) is 0 Å². The van der Waals surface area contributed by atoms with Crippen LogP contribution in [0.2, 0.25) is 0 Å². The zero-order chi connectivity index (χ0) is 21.6. The summed E-state index contributed by atoms with van der Waals surface area (Å²) in [6.07, 6.45) is 0. The fourth-order valence-electron chi connectivity index (χ4n) is 3.24. The highest BCUT2D eigenvalue weighted by molar-refractivity contribution is 6.00. The summed E-state index contributed by atoms with van der Waals surface area (Å²) in [6.45, 7) is 3.22. The first-order valence-electron chi connectivity index (χ1n) is 9.11. The number of dihydropyridines is 1. The summed E-state index contributed by atoms with van der Waals surface area (Å²) in [4.78, 5) is 36.7. The van der Waals surface area contributed by atoms with E-state index in [1.165, 1.54) is 18.2 Å². The van der Waals surface area contributed by atoms with Crippen LogP contribution in [0.25, 0.3) is 0 Å². The molecular weight excluding hydrogens is 380 g/mol. The van der Waals surface area contributed by atoms with Gasteiger partial charge in [-0.1, -0.05) is 18.2 Å². The number of hydrogen-bond donors (Lipinski definition) is 3. The standard InChI is InChI=1S/C19H24N4O6/c1-3-28-18(24)16-12(9-20)22-13(10-21)17(19(25)29-4-2)15(16)11-7-5-6-8-14(11)23(26)27/h5-8,15,22H,3-4,9-10,20-21H2,1-2H3. The number of rotatable bonds is 8. The van der Waals surface area contributed by atoms with Crippen LogP contribution in [0.5, 0.6) is 0 Å². The van der Waals surface area contributed by atoms with Crippen LogP contribution in [0.1, 0.15) is 25.3 Å². The van der Waals surface area contributed by atoms with E-state index in [1.54, 1.807) is 19.9 Å². The van der Waals surface area contributed by atoms with Crippen molar-refractivity contribution in [3.63, 3.8) is 0 Å². The largest absolute Gasteiger partial charge is 0.463 e. The van der Waals surface area contributed by atoms with Crippen molar-refractivity contribution in [2.45, 2.75) is 19.8 Å². The van der Waals surface area contributed by atoms with Crippen LogP contribution in [-0.4, -0.2) is 43.2 Å². The van der Waals surface area contributed by atoms with Crippen LogP contribution < -0.4 is 16.8 Å². The van der Waals surface area contributed by atoms with E-state index in [0.717, 1.165) is 0 Å². The molecule has 0 fully saturated rings. The Morgan fingerprint density at radius 3 is 1.93 bits per heavy atom. The minimum absolute atomic E-state index is 0.0175. The Hall–Kier alpha value is -3.24. The van der Waals surface area contributed by atoms with Crippen LogP contribution in [0.4, 0.5) is 5.69 Å². The summed E-state index contributed by atoms with van der Waals surface area (Å²) in [5, 5.41) is 14.6. The van der Waals surface area contributed by atoms with E-state index in [0.29, 0.717) is 0 Å². The number of esters is 2. The maximum atomic E-state index is 12.8. The molecule has 156 valence electrons. The Kier molecular flexibility index (Phi) is 7.46. The second-order valence-corrected chi connectivity index (χ2v) is 6.01. The number of ether oxygens (including phenoxy) is 2. The Labute approximate surface area is 167 Å². The number of benzene rings is 1.